The summed E-state index contributed by atoms with van der Waals surface area (Å²) in [5.74, 6) is 2.31. The van der Waals surface area contributed by atoms with Gasteiger partial charge in [0.05, 0.1) is 11.6 Å². The monoisotopic (exact) mass is 772 g/mol. The highest BCUT2D eigenvalue weighted by Crippen LogP contribution is 2.35. The highest BCUT2D eigenvalue weighted by molar-refractivity contribution is 5.70. The molecule has 3 N–H and O–H groups in total. The standard InChI is InChI=1S/C29H36N2O4.C12H18.C9H10O/c1-20(2)23-12-10-14-25(18-23)22(5)30-27(32)34-16-8-9-17-35-28(33)31-29(6,7)26-15-11-13-24(19-26)21(3)4;1-4-10-7-8-11(5-2)12(6-3)9-10;1-2-5-8-6-3-4-7-9(8)10/h8-15,18-19,22H,1,3,16-17H2,2,4-7H3,(H,30,32)(H,31,33);4-6,10-12H,1-3,7-9H2;2-7,10H,1H3/b9-8-;;5-2+. The molecule has 3 aromatic rings. The quantitative estimate of drug-likeness (QED) is 0.142. The van der Waals surface area contributed by atoms with Gasteiger partial charge in [0.1, 0.15) is 19.0 Å². The molecule has 0 saturated heterocycles. The minimum atomic E-state index is -0.617. The van der Waals surface area contributed by atoms with Crippen molar-refractivity contribution in [2.45, 2.75) is 72.4 Å². The Kier molecular flexibility index (Phi) is 20.5. The first-order valence-electron chi connectivity index (χ1n) is 19.5. The molecular weight excluding hydrogens is 709 g/mol. The normalized spacial score (nSPS) is 16.7. The van der Waals surface area contributed by atoms with E-state index in [1.54, 1.807) is 18.2 Å². The molecule has 57 heavy (non-hydrogen) atoms. The van der Waals surface area contributed by atoms with Gasteiger partial charge in [-0.1, -0.05) is 109 Å². The number of rotatable bonds is 14. The summed E-state index contributed by atoms with van der Waals surface area (Å²) in [6.07, 6.45) is 15.9. The predicted octanol–water partition coefficient (Wildman–Crippen LogP) is 12.8. The van der Waals surface area contributed by atoms with Crippen molar-refractivity contribution in [3.8, 4) is 5.75 Å². The van der Waals surface area contributed by atoms with Gasteiger partial charge in [0.15, 0.2) is 0 Å². The van der Waals surface area contributed by atoms with E-state index in [9.17, 15) is 14.7 Å². The largest absolute Gasteiger partial charge is 0.507 e. The smallest absolute Gasteiger partial charge is 0.408 e. The minimum Gasteiger partial charge on any atom is -0.507 e. The van der Waals surface area contributed by atoms with Gasteiger partial charge in [0.25, 0.3) is 0 Å². The highest BCUT2D eigenvalue weighted by Gasteiger charge is 2.25. The van der Waals surface area contributed by atoms with E-state index < -0.39 is 17.7 Å². The third-order valence-electron chi connectivity index (χ3n) is 9.71. The second-order valence-electron chi connectivity index (χ2n) is 14.7. The zero-order valence-electron chi connectivity index (χ0n) is 34.9. The SMILES string of the molecule is C/C=C/c1ccccc1O.C=C(C)c1cccc(C(C)NC(=O)OC/C=C\COC(=O)NC(C)(C)c2cccc(C(=C)C)c2)c1.C=CC1CCC(C=C)C(C=C)C1. The van der Waals surface area contributed by atoms with Crippen molar-refractivity contribution in [3.05, 3.63) is 170 Å². The first kappa shape index (κ1) is 47.3. The molecule has 0 heterocycles. The van der Waals surface area contributed by atoms with Gasteiger partial charge < -0.3 is 25.2 Å². The molecule has 2 amide bonds. The summed E-state index contributed by atoms with van der Waals surface area (Å²) in [6, 6.07) is 22.8. The number of para-hydroxylation sites is 1. The number of alkyl carbamates (subject to hydrolysis) is 2. The number of hydrogen-bond acceptors (Lipinski definition) is 5. The van der Waals surface area contributed by atoms with Gasteiger partial charge in [0, 0.05) is 5.56 Å². The molecule has 7 heteroatoms. The summed E-state index contributed by atoms with van der Waals surface area (Å²) in [7, 11) is 0. The van der Waals surface area contributed by atoms with Gasteiger partial charge in [-0.05, 0) is 131 Å². The first-order chi connectivity index (χ1) is 27.1. The first-order valence-corrected chi connectivity index (χ1v) is 19.5. The highest BCUT2D eigenvalue weighted by atomic mass is 16.6. The van der Waals surface area contributed by atoms with Crippen molar-refractivity contribution in [2.75, 3.05) is 13.2 Å². The number of ether oxygens (including phenoxy) is 2. The van der Waals surface area contributed by atoms with Gasteiger partial charge in [-0.2, -0.15) is 0 Å². The van der Waals surface area contributed by atoms with Gasteiger partial charge in [-0.25, -0.2) is 9.59 Å². The van der Waals surface area contributed by atoms with Crippen molar-refractivity contribution in [1.29, 1.82) is 0 Å². The van der Waals surface area contributed by atoms with Crippen LogP contribution in [0.1, 0.15) is 94.7 Å². The van der Waals surface area contributed by atoms with Crippen LogP contribution in [0.4, 0.5) is 9.59 Å². The number of allylic oxidation sites excluding steroid dienone is 6. The van der Waals surface area contributed by atoms with Crippen molar-refractivity contribution < 1.29 is 24.2 Å². The topological polar surface area (TPSA) is 96.9 Å². The number of amides is 2. The molecule has 7 nitrogen and oxygen atoms in total. The van der Waals surface area contributed by atoms with E-state index in [4.69, 9.17) is 9.47 Å². The molecular formula is C50H64N2O5. The average molecular weight is 773 g/mol. The predicted molar refractivity (Wildman–Crippen MR) is 240 cm³/mol. The maximum absolute atomic E-state index is 12.2. The maximum Gasteiger partial charge on any atom is 0.408 e. The Hall–Kier alpha value is -5.82. The van der Waals surface area contributed by atoms with Crippen molar-refractivity contribution in [2.24, 2.45) is 17.8 Å². The molecule has 1 fully saturated rings. The molecule has 0 aromatic heterocycles. The Morgan fingerprint density at radius 3 is 2.00 bits per heavy atom. The van der Waals surface area contributed by atoms with Crippen LogP contribution < -0.4 is 10.6 Å². The fraction of sp³-hybridized carbons (Fsp3) is 0.320. The van der Waals surface area contributed by atoms with E-state index in [1.165, 1.54) is 19.3 Å². The van der Waals surface area contributed by atoms with Crippen LogP contribution in [0.2, 0.25) is 0 Å². The molecule has 1 aliphatic carbocycles. The molecule has 4 rings (SSSR count). The lowest BCUT2D eigenvalue weighted by molar-refractivity contribution is 0.145. The third-order valence-corrected chi connectivity index (χ3v) is 9.71. The van der Waals surface area contributed by atoms with Crippen LogP contribution in [0.3, 0.4) is 0 Å². The van der Waals surface area contributed by atoms with Gasteiger partial charge in [-0.3, -0.25) is 0 Å². The van der Waals surface area contributed by atoms with Crippen LogP contribution in [0.5, 0.6) is 5.75 Å². The molecule has 1 saturated carbocycles. The number of phenolic OH excluding ortho intramolecular Hbond substituents is 1. The number of aromatic hydroxyl groups is 1. The number of phenols is 1. The maximum atomic E-state index is 12.2. The summed E-state index contributed by atoms with van der Waals surface area (Å²) in [5, 5.41) is 14.9. The summed E-state index contributed by atoms with van der Waals surface area (Å²) < 4.78 is 10.4. The van der Waals surface area contributed by atoms with Crippen LogP contribution in [-0.2, 0) is 15.0 Å². The number of benzene rings is 3. The number of nitrogens with one attached hydrogen (secondary N) is 2. The lowest BCUT2D eigenvalue weighted by Crippen LogP contribution is -2.41. The molecule has 0 aliphatic heterocycles. The van der Waals surface area contributed by atoms with Crippen LogP contribution >= 0.6 is 0 Å². The second kappa shape index (κ2) is 24.6. The molecule has 0 radical (unpaired) electrons. The van der Waals surface area contributed by atoms with E-state index >= 15 is 0 Å². The Bertz CT molecular complexity index is 1870. The summed E-state index contributed by atoms with van der Waals surface area (Å²) in [5.41, 5.74) is 6.13. The van der Waals surface area contributed by atoms with Crippen molar-refractivity contribution >= 4 is 29.4 Å². The van der Waals surface area contributed by atoms with Crippen molar-refractivity contribution in [1.82, 2.24) is 10.6 Å². The van der Waals surface area contributed by atoms with Crippen LogP contribution in [0.15, 0.2) is 142 Å². The Balaban J connectivity index is 0.000000409. The number of carbonyl (C=O) groups excluding carboxylic acids is 2. The zero-order chi connectivity index (χ0) is 42.4. The fourth-order valence-corrected chi connectivity index (χ4v) is 6.14. The van der Waals surface area contributed by atoms with Crippen LogP contribution in [0.25, 0.3) is 17.2 Å². The number of carbonyl (C=O) groups is 2. The Morgan fingerprint density at radius 1 is 0.825 bits per heavy atom. The lowest BCUT2D eigenvalue weighted by Gasteiger charge is -2.31. The Morgan fingerprint density at radius 2 is 1.42 bits per heavy atom. The van der Waals surface area contributed by atoms with E-state index in [0.29, 0.717) is 23.5 Å². The average Bonchev–Trinajstić information content (AvgIpc) is 3.20. The molecule has 3 aromatic carbocycles. The summed E-state index contributed by atoms with van der Waals surface area (Å²) >= 11 is 0. The van der Waals surface area contributed by atoms with Gasteiger partial charge in [0.2, 0.25) is 0 Å². The van der Waals surface area contributed by atoms with E-state index in [0.717, 1.165) is 39.0 Å². The zero-order valence-corrected chi connectivity index (χ0v) is 34.9. The number of hydrogen-bond donors (Lipinski definition) is 3. The lowest BCUT2D eigenvalue weighted by atomic mass is 9.74. The van der Waals surface area contributed by atoms with Crippen LogP contribution in [-0.4, -0.2) is 30.5 Å². The molecule has 304 valence electrons. The van der Waals surface area contributed by atoms with Crippen LogP contribution in [0, 0.1) is 17.8 Å². The molecule has 4 unspecified atom stereocenters. The van der Waals surface area contributed by atoms with Gasteiger partial charge in [-0.15, -0.1) is 19.7 Å². The van der Waals surface area contributed by atoms with E-state index in [1.807, 2.05) is 120 Å². The summed E-state index contributed by atoms with van der Waals surface area (Å²) in [6.45, 7) is 31.1. The third kappa shape index (κ3) is 16.8. The minimum absolute atomic E-state index is 0.0583. The summed E-state index contributed by atoms with van der Waals surface area (Å²) in [4.78, 5) is 24.3. The fourth-order valence-electron chi connectivity index (χ4n) is 6.14. The molecule has 0 spiro atoms. The van der Waals surface area contributed by atoms with E-state index in [-0.39, 0.29) is 19.3 Å². The molecule has 4 atom stereocenters. The molecule has 0 bridgehead atoms. The Labute approximate surface area is 342 Å². The second-order valence-corrected chi connectivity index (χ2v) is 14.7. The van der Waals surface area contributed by atoms with Gasteiger partial charge >= 0.3 is 12.2 Å². The van der Waals surface area contributed by atoms with E-state index in [2.05, 4.69) is 61.8 Å². The van der Waals surface area contributed by atoms with Crippen molar-refractivity contribution in [3.63, 3.8) is 0 Å². The molecule has 1 aliphatic rings.